The number of esters is 1. The van der Waals surface area contributed by atoms with Gasteiger partial charge >= 0.3 is 13.1 Å². The molecule has 0 aromatic heterocycles. The van der Waals surface area contributed by atoms with Crippen molar-refractivity contribution in [2.24, 2.45) is 0 Å². The third-order valence-corrected chi connectivity index (χ3v) is 4.72. The zero-order valence-corrected chi connectivity index (χ0v) is 15.4. The van der Waals surface area contributed by atoms with Gasteiger partial charge in [0.15, 0.2) is 0 Å². The summed E-state index contributed by atoms with van der Waals surface area (Å²) < 4.78 is 22.1. The van der Waals surface area contributed by atoms with E-state index in [-0.39, 0.29) is 0 Å². The van der Waals surface area contributed by atoms with E-state index in [1.54, 1.807) is 0 Å². The number of aryl methyl sites for hydroxylation is 1. The first-order valence-electron chi connectivity index (χ1n) is 7.91. The molecule has 24 heavy (non-hydrogen) atoms. The minimum absolute atomic E-state index is 0.357. The van der Waals surface area contributed by atoms with Crippen molar-refractivity contribution in [2.75, 3.05) is 14.2 Å². The predicted octanol–water partition coefficient (Wildman–Crippen LogP) is 2.45. The molecule has 6 heteroatoms. The second kappa shape index (κ2) is 6.61. The summed E-state index contributed by atoms with van der Waals surface area (Å²) in [6, 6.07) is 5.77. The summed E-state index contributed by atoms with van der Waals surface area (Å²) in [5, 5.41) is 0. The number of ether oxygens (including phenoxy) is 2. The lowest BCUT2D eigenvalue weighted by molar-refractivity contribution is -0.133. The molecule has 130 valence electrons. The van der Waals surface area contributed by atoms with Gasteiger partial charge in [-0.25, -0.2) is 4.79 Å². The van der Waals surface area contributed by atoms with Crippen LogP contribution >= 0.6 is 0 Å². The van der Waals surface area contributed by atoms with E-state index in [9.17, 15) is 4.79 Å². The fourth-order valence-electron chi connectivity index (χ4n) is 2.50. The molecule has 1 fully saturated rings. The van der Waals surface area contributed by atoms with Crippen molar-refractivity contribution in [3.63, 3.8) is 0 Å². The number of rotatable bonds is 4. The van der Waals surface area contributed by atoms with Crippen molar-refractivity contribution in [1.29, 1.82) is 0 Å². The molecule has 0 aliphatic carbocycles. The van der Waals surface area contributed by atoms with Gasteiger partial charge in [-0.2, -0.15) is 0 Å². The van der Waals surface area contributed by atoms with Crippen LogP contribution in [0.15, 0.2) is 24.5 Å². The summed E-state index contributed by atoms with van der Waals surface area (Å²) >= 11 is 0. The Balaban J connectivity index is 2.43. The highest BCUT2D eigenvalue weighted by atomic mass is 16.7. The van der Waals surface area contributed by atoms with Gasteiger partial charge in [-0.05, 0) is 51.2 Å². The van der Waals surface area contributed by atoms with E-state index in [1.165, 1.54) is 20.5 Å². The second-order valence-corrected chi connectivity index (χ2v) is 6.92. The number of methoxy groups -OCH3 is 2. The van der Waals surface area contributed by atoms with Crippen LogP contribution in [0.2, 0.25) is 0 Å². The molecular formula is C18H25BO5. The van der Waals surface area contributed by atoms with E-state index in [4.69, 9.17) is 18.8 Å². The molecule has 0 atom stereocenters. The van der Waals surface area contributed by atoms with Gasteiger partial charge in [-0.1, -0.05) is 18.2 Å². The highest BCUT2D eigenvalue weighted by Crippen LogP contribution is 2.36. The third-order valence-electron chi connectivity index (χ3n) is 4.72. The van der Waals surface area contributed by atoms with Crippen molar-refractivity contribution in [3.05, 3.63) is 35.6 Å². The summed E-state index contributed by atoms with van der Waals surface area (Å²) in [6.45, 7) is 9.95. The fraction of sp³-hybridized carbons (Fsp3) is 0.500. The molecule has 0 N–H and O–H groups in total. The van der Waals surface area contributed by atoms with E-state index < -0.39 is 24.3 Å². The van der Waals surface area contributed by atoms with Crippen LogP contribution in [0.25, 0.3) is 5.57 Å². The molecule has 0 radical (unpaired) electrons. The predicted molar refractivity (Wildman–Crippen MR) is 93.9 cm³/mol. The lowest BCUT2D eigenvalue weighted by Crippen LogP contribution is -2.41. The van der Waals surface area contributed by atoms with Gasteiger partial charge in [0.2, 0.25) is 0 Å². The summed E-state index contributed by atoms with van der Waals surface area (Å²) in [5.41, 5.74) is 2.03. The van der Waals surface area contributed by atoms with E-state index in [0.717, 1.165) is 16.6 Å². The second-order valence-electron chi connectivity index (χ2n) is 6.92. The fourth-order valence-corrected chi connectivity index (χ4v) is 2.50. The molecule has 1 saturated heterocycles. The SMILES string of the molecule is CO/C=C(/C(=O)OC)c1cc(B2OC(C)(C)C(C)(C)O2)ccc1C. The first kappa shape index (κ1) is 18.6. The summed E-state index contributed by atoms with van der Waals surface area (Å²) in [6.07, 6.45) is 1.39. The molecule has 1 aromatic rings. The van der Waals surface area contributed by atoms with Crippen molar-refractivity contribution in [2.45, 2.75) is 45.8 Å². The van der Waals surface area contributed by atoms with Crippen molar-refractivity contribution >= 4 is 24.1 Å². The van der Waals surface area contributed by atoms with E-state index in [2.05, 4.69) is 0 Å². The lowest BCUT2D eigenvalue weighted by atomic mass is 9.77. The highest BCUT2D eigenvalue weighted by Gasteiger charge is 2.51. The van der Waals surface area contributed by atoms with E-state index in [0.29, 0.717) is 5.57 Å². The zero-order chi connectivity index (χ0) is 18.1. The van der Waals surface area contributed by atoms with E-state index in [1.807, 2.05) is 52.8 Å². The molecule has 0 bridgehead atoms. The van der Waals surface area contributed by atoms with Crippen LogP contribution in [0.5, 0.6) is 0 Å². The normalized spacial score (nSPS) is 19.3. The quantitative estimate of drug-likeness (QED) is 0.367. The standard InChI is InChI=1S/C18H25BO5/c1-12-8-9-13(19-23-17(2,3)18(4,5)24-19)10-14(12)15(11-21-6)16(20)22-7/h8-11H,1-7H3/b15-11+. The molecule has 1 aliphatic heterocycles. The molecule has 5 nitrogen and oxygen atoms in total. The Bertz CT molecular complexity index is 647. The van der Waals surface area contributed by atoms with Gasteiger partial charge in [0.05, 0.1) is 31.7 Å². The highest BCUT2D eigenvalue weighted by molar-refractivity contribution is 6.62. The molecule has 0 unspecified atom stereocenters. The number of carbonyl (C=O) groups is 1. The molecule has 1 heterocycles. The number of benzene rings is 1. The number of hydrogen-bond donors (Lipinski definition) is 0. The molecule has 1 aromatic carbocycles. The lowest BCUT2D eigenvalue weighted by Gasteiger charge is -2.32. The Kier molecular flexibility index (Phi) is 5.11. The van der Waals surface area contributed by atoms with Crippen molar-refractivity contribution < 1.29 is 23.6 Å². The average molecular weight is 332 g/mol. The maximum atomic E-state index is 12.1. The van der Waals surface area contributed by atoms with Gasteiger partial charge < -0.3 is 18.8 Å². The largest absolute Gasteiger partial charge is 0.503 e. The maximum absolute atomic E-state index is 12.1. The van der Waals surface area contributed by atoms with Crippen LogP contribution in [0.3, 0.4) is 0 Å². The average Bonchev–Trinajstić information content (AvgIpc) is 2.73. The van der Waals surface area contributed by atoms with E-state index >= 15 is 0 Å². The zero-order valence-electron chi connectivity index (χ0n) is 15.4. The molecule has 0 saturated carbocycles. The maximum Gasteiger partial charge on any atom is 0.494 e. The Morgan fingerprint density at radius 1 is 1.12 bits per heavy atom. The van der Waals surface area contributed by atoms with Gasteiger partial charge in [-0.3, -0.25) is 0 Å². The van der Waals surface area contributed by atoms with Crippen LogP contribution in [-0.2, 0) is 23.6 Å². The van der Waals surface area contributed by atoms with Crippen molar-refractivity contribution in [3.8, 4) is 0 Å². The Hall–Kier alpha value is -1.79. The molecule has 0 spiro atoms. The van der Waals surface area contributed by atoms with Gasteiger partial charge in [-0.15, -0.1) is 0 Å². The molecule has 1 aliphatic rings. The first-order valence-corrected chi connectivity index (χ1v) is 7.91. The minimum atomic E-state index is -0.490. The first-order chi connectivity index (χ1) is 11.1. The van der Waals surface area contributed by atoms with Crippen LogP contribution in [0.1, 0.15) is 38.8 Å². The smallest absolute Gasteiger partial charge is 0.494 e. The Morgan fingerprint density at radius 3 is 2.21 bits per heavy atom. The Morgan fingerprint density at radius 2 is 1.71 bits per heavy atom. The molecule has 0 amide bonds. The summed E-state index contributed by atoms with van der Waals surface area (Å²) in [5.74, 6) is -0.453. The van der Waals surface area contributed by atoms with Crippen molar-refractivity contribution in [1.82, 2.24) is 0 Å². The third kappa shape index (κ3) is 3.35. The number of carbonyl (C=O) groups excluding carboxylic acids is 1. The van der Waals surface area contributed by atoms with Gasteiger partial charge in [0.1, 0.15) is 5.57 Å². The molecular weight excluding hydrogens is 307 g/mol. The van der Waals surface area contributed by atoms with Gasteiger partial charge in [0, 0.05) is 0 Å². The van der Waals surface area contributed by atoms with Crippen LogP contribution < -0.4 is 5.46 Å². The number of hydrogen-bond acceptors (Lipinski definition) is 5. The monoisotopic (exact) mass is 332 g/mol. The van der Waals surface area contributed by atoms with Crippen LogP contribution in [0, 0.1) is 6.92 Å². The van der Waals surface area contributed by atoms with Gasteiger partial charge in [0.25, 0.3) is 0 Å². The Labute approximate surface area is 144 Å². The minimum Gasteiger partial charge on any atom is -0.503 e. The van der Waals surface area contributed by atoms with Crippen LogP contribution in [-0.4, -0.2) is 38.5 Å². The summed E-state index contributed by atoms with van der Waals surface area (Å²) in [4.78, 5) is 12.1. The van der Waals surface area contributed by atoms with Crippen LogP contribution in [0.4, 0.5) is 0 Å². The molecule has 2 rings (SSSR count). The summed E-state index contributed by atoms with van der Waals surface area (Å²) in [7, 11) is 2.35. The topological polar surface area (TPSA) is 54.0 Å².